The highest BCUT2D eigenvalue weighted by molar-refractivity contribution is 5.66. The number of esters is 3. The number of rotatable bonds is 8. The molecule has 212 valence electrons. The van der Waals surface area contributed by atoms with Gasteiger partial charge in [-0.15, -0.1) is 0 Å². The van der Waals surface area contributed by atoms with Crippen LogP contribution in [0.15, 0.2) is 0 Å². The Balaban J connectivity index is 1.69. The van der Waals surface area contributed by atoms with E-state index in [0.29, 0.717) is 44.4 Å². The van der Waals surface area contributed by atoms with Crippen molar-refractivity contribution in [1.29, 1.82) is 0 Å². The third-order valence-corrected chi connectivity index (χ3v) is 9.00. The Morgan fingerprint density at radius 3 is 1.27 bits per heavy atom. The zero-order valence-corrected chi connectivity index (χ0v) is 22.7. The average Bonchev–Trinajstić information content (AvgIpc) is 2.80. The maximum absolute atomic E-state index is 11.4. The summed E-state index contributed by atoms with van der Waals surface area (Å²) >= 11 is 0. The van der Waals surface area contributed by atoms with Gasteiger partial charge < -0.3 is 29.5 Å². The van der Waals surface area contributed by atoms with Crippen LogP contribution >= 0.6 is 0 Å². The molecule has 0 saturated heterocycles. The maximum atomic E-state index is 11.4. The lowest BCUT2D eigenvalue weighted by atomic mass is 9.63. The fraction of sp³-hybridized carbons (Fsp3) is 0.893. The van der Waals surface area contributed by atoms with Gasteiger partial charge in [0.1, 0.15) is 18.3 Å². The summed E-state index contributed by atoms with van der Waals surface area (Å²) in [4.78, 5) is 34.3. The van der Waals surface area contributed by atoms with Crippen molar-refractivity contribution < 1.29 is 43.9 Å². The lowest BCUT2D eigenvalue weighted by Gasteiger charge is -2.45. The fourth-order valence-corrected chi connectivity index (χ4v) is 7.19. The highest BCUT2D eigenvalue weighted by atomic mass is 16.6. The van der Waals surface area contributed by atoms with Gasteiger partial charge in [0.25, 0.3) is 0 Å². The van der Waals surface area contributed by atoms with E-state index in [0.717, 1.165) is 25.7 Å². The Bertz CT molecular complexity index is 746. The molecule has 10 unspecified atom stereocenters. The van der Waals surface area contributed by atoms with Gasteiger partial charge in [0, 0.05) is 20.8 Å². The third kappa shape index (κ3) is 8.39. The molecule has 0 aromatic carbocycles. The van der Waals surface area contributed by atoms with Crippen LogP contribution in [0.4, 0.5) is 0 Å². The molecule has 0 radical (unpaired) electrons. The number of hydrogen-bond donors (Lipinski definition) is 3. The molecule has 0 spiro atoms. The van der Waals surface area contributed by atoms with E-state index in [1.54, 1.807) is 0 Å². The van der Waals surface area contributed by atoms with Crippen molar-refractivity contribution in [3.63, 3.8) is 0 Å². The third-order valence-electron chi connectivity index (χ3n) is 9.00. The topological polar surface area (TPSA) is 140 Å². The summed E-state index contributed by atoms with van der Waals surface area (Å²) in [5.74, 6) is 0.104. The quantitative estimate of drug-likeness (QED) is 0.322. The molecule has 0 aromatic rings. The molecular formula is C28H46O9. The van der Waals surface area contributed by atoms with Crippen molar-refractivity contribution in [2.45, 2.75) is 129 Å². The summed E-state index contributed by atoms with van der Waals surface area (Å²) in [5.41, 5.74) is 0. The Labute approximate surface area is 220 Å². The highest BCUT2D eigenvalue weighted by Crippen LogP contribution is 2.46. The first kappa shape index (κ1) is 29.8. The molecule has 3 aliphatic carbocycles. The van der Waals surface area contributed by atoms with Crippen LogP contribution in [-0.4, -0.2) is 69.9 Å². The Morgan fingerprint density at radius 2 is 0.946 bits per heavy atom. The zero-order valence-electron chi connectivity index (χ0n) is 22.7. The lowest BCUT2D eigenvalue weighted by molar-refractivity contribution is -0.159. The minimum absolute atomic E-state index is 0.217. The minimum atomic E-state index is -0.719. The van der Waals surface area contributed by atoms with Gasteiger partial charge in [0.2, 0.25) is 0 Å². The largest absolute Gasteiger partial charge is 0.460 e. The van der Waals surface area contributed by atoms with Gasteiger partial charge in [-0.05, 0) is 93.8 Å². The van der Waals surface area contributed by atoms with Crippen LogP contribution in [0.5, 0.6) is 0 Å². The second-order valence-corrected chi connectivity index (χ2v) is 11.7. The van der Waals surface area contributed by atoms with E-state index < -0.39 is 36.6 Å². The second kappa shape index (κ2) is 13.4. The van der Waals surface area contributed by atoms with Crippen LogP contribution in [0, 0.1) is 29.6 Å². The first-order chi connectivity index (χ1) is 17.4. The van der Waals surface area contributed by atoms with E-state index in [4.69, 9.17) is 14.2 Å². The van der Waals surface area contributed by atoms with Gasteiger partial charge in [-0.25, -0.2) is 0 Å². The van der Waals surface area contributed by atoms with Crippen molar-refractivity contribution in [2.24, 2.45) is 29.6 Å². The lowest BCUT2D eigenvalue weighted by Crippen LogP contribution is -2.44. The van der Waals surface area contributed by atoms with Crippen molar-refractivity contribution in [1.82, 2.24) is 0 Å². The normalized spacial score (nSPS) is 38.2. The number of carbonyl (C=O) groups is 3. The van der Waals surface area contributed by atoms with Crippen LogP contribution in [0.1, 0.15) is 91.9 Å². The van der Waals surface area contributed by atoms with Gasteiger partial charge in [-0.1, -0.05) is 6.92 Å². The van der Waals surface area contributed by atoms with Crippen LogP contribution in [-0.2, 0) is 28.6 Å². The van der Waals surface area contributed by atoms with Gasteiger partial charge in [-0.2, -0.15) is 0 Å². The van der Waals surface area contributed by atoms with Gasteiger partial charge in [0.05, 0.1) is 18.3 Å². The SMILES string of the molecule is CC(=O)OC1CCC(C(C)CC(C2CCC(OC(C)=O)C(O)C2)C2CCC(OC(C)=O)C(O)C2)CC1O. The summed E-state index contributed by atoms with van der Waals surface area (Å²) in [6.45, 7) is 6.29. The molecule has 0 bridgehead atoms. The van der Waals surface area contributed by atoms with Gasteiger partial charge >= 0.3 is 17.9 Å². The standard InChI is InChI=1S/C28H46O9/c1-15(19-5-8-26(23(32)12-19)35-16(2)29)11-22(20-6-9-27(24(33)13-20)36-17(3)30)21-7-10-28(25(34)14-21)37-18(4)31/h15,19-28,32-34H,5-14H2,1-4H3. The molecule has 9 heteroatoms. The number of carbonyl (C=O) groups excluding carboxylic acids is 3. The van der Waals surface area contributed by atoms with Crippen LogP contribution in [0.25, 0.3) is 0 Å². The predicted molar refractivity (Wildman–Crippen MR) is 134 cm³/mol. The first-order valence-corrected chi connectivity index (χ1v) is 14.0. The van der Waals surface area contributed by atoms with Crippen molar-refractivity contribution in [2.75, 3.05) is 0 Å². The van der Waals surface area contributed by atoms with Crippen molar-refractivity contribution in [3.8, 4) is 0 Å². The molecule has 3 saturated carbocycles. The number of aliphatic hydroxyl groups excluding tert-OH is 3. The molecule has 9 nitrogen and oxygen atoms in total. The van der Waals surface area contributed by atoms with E-state index in [9.17, 15) is 29.7 Å². The fourth-order valence-electron chi connectivity index (χ4n) is 7.19. The Kier molecular flexibility index (Phi) is 10.8. The molecule has 0 amide bonds. The Hall–Kier alpha value is -1.71. The molecule has 37 heavy (non-hydrogen) atoms. The molecule has 0 aromatic heterocycles. The zero-order chi connectivity index (χ0) is 27.3. The molecular weight excluding hydrogens is 480 g/mol. The first-order valence-electron chi connectivity index (χ1n) is 14.0. The van der Waals surface area contributed by atoms with E-state index in [1.165, 1.54) is 20.8 Å². The van der Waals surface area contributed by atoms with Gasteiger partial charge in [-0.3, -0.25) is 14.4 Å². The smallest absolute Gasteiger partial charge is 0.302 e. The van der Waals surface area contributed by atoms with E-state index in [-0.39, 0.29) is 41.6 Å². The van der Waals surface area contributed by atoms with Crippen LogP contribution in [0.3, 0.4) is 0 Å². The molecule has 3 fully saturated rings. The van der Waals surface area contributed by atoms with Crippen molar-refractivity contribution in [3.05, 3.63) is 0 Å². The molecule has 0 heterocycles. The number of aliphatic hydroxyl groups is 3. The van der Waals surface area contributed by atoms with Crippen LogP contribution in [0.2, 0.25) is 0 Å². The molecule has 3 aliphatic rings. The highest BCUT2D eigenvalue weighted by Gasteiger charge is 2.43. The second-order valence-electron chi connectivity index (χ2n) is 11.7. The predicted octanol–water partition coefficient (Wildman–Crippen LogP) is 2.91. The average molecular weight is 527 g/mol. The number of ether oxygens (including phenoxy) is 3. The summed E-state index contributed by atoms with van der Waals surface area (Å²) in [6.07, 6.45) is 3.39. The summed E-state index contributed by atoms with van der Waals surface area (Å²) in [6, 6.07) is 0. The van der Waals surface area contributed by atoms with Gasteiger partial charge in [0.15, 0.2) is 0 Å². The van der Waals surface area contributed by atoms with Crippen molar-refractivity contribution >= 4 is 17.9 Å². The molecule has 3 rings (SSSR count). The van der Waals surface area contributed by atoms with E-state index in [1.807, 2.05) is 0 Å². The molecule has 3 N–H and O–H groups in total. The molecule has 0 aliphatic heterocycles. The monoisotopic (exact) mass is 526 g/mol. The Morgan fingerprint density at radius 1 is 0.622 bits per heavy atom. The summed E-state index contributed by atoms with van der Waals surface area (Å²) < 4.78 is 15.9. The van der Waals surface area contributed by atoms with E-state index >= 15 is 0 Å². The van der Waals surface area contributed by atoms with Crippen LogP contribution < -0.4 is 0 Å². The molecule has 10 atom stereocenters. The summed E-state index contributed by atoms with van der Waals surface area (Å²) in [7, 11) is 0. The van der Waals surface area contributed by atoms with E-state index in [2.05, 4.69) is 6.92 Å². The summed E-state index contributed by atoms with van der Waals surface area (Å²) in [5, 5.41) is 32.2. The maximum Gasteiger partial charge on any atom is 0.302 e. The number of hydrogen-bond acceptors (Lipinski definition) is 9. The minimum Gasteiger partial charge on any atom is -0.460 e.